The first-order chi connectivity index (χ1) is 12.3. The first kappa shape index (κ1) is 18.1. The highest BCUT2D eigenvalue weighted by atomic mass is 35.5. The van der Waals surface area contributed by atoms with Gasteiger partial charge in [0, 0.05) is 35.2 Å². The van der Waals surface area contributed by atoms with E-state index < -0.39 is 0 Å². The topological polar surface area (TPSA) is 88.1 Å². The predicted octanol–water partition coefficient (Wildman–Crippen LogP) is 3.77. The minimum absolute atomic E-state index is 0.00593. The molecule has 2 aromatic carbocycles. The van der Waals surface area contributed by atoms with Gasteiger partial charge < -0.3 is 15.8 Å². The van der Waals surface area contributed by atoms with Crippen LogP contribution in [0.4, 0.5) is 5.69 Å². The fourth-order valence-electron chi connectivity index (χ4n) is 3.03. The largest absolute Gasteiger partial charge is 0.490 e. The Balaban J connectivity index is 1.62. The Kier molecular flexibility index (Phi) is 4.80. The molecule has 2 atom stereocenters. The first-order valence-corrected chi connectivity index (χ1v) is 8.72. The van der Waals surface area contributed by atoms with Crippen LogP contribution in [0.25, 0.3) is 0 Å². The van der Waals surface area contributed by atoms with Crippen LogP contribution in [0, 0.1) is 16.7 Å². The van der Waals surface area contributed by atoms with E-state index in [0.29, 0.717) is 34.0 Å². The van der Waals surface area contributed by atoms with Crippen LogP contribution in [0.1, 0.15) is 36.2 Å². The van der Waals surface area contributed by atoms with E-state index in [2.05, 4.69) is 19.2 Å². The Morgan fingerprint density at radius 1 is 1.31 bits per heavy atom. The Morgan fingerprint density at radius 3 is 2.58 bits per heavy atom. The molecule has 0 unspecified atom stereocenters. The molecule has 1 fully saturated rings. The molecule has 5 nitrogen and oxygen atoms in total. The van der Waals surface area contributed by atoms with Gasteiger partial charge in [0.05, 0.1) is 10.6 Å². The molecule has 0 aliphatic heterocycles. The highest BCUT2D eigenvalue weighted by Gasteiger charge is 2.50. The number of hydrogen-bond donors (Lipinski definition) is 2. The molecule has 0 spiro atoms. The summed E-state index contributed by atoms with van der Waals surface area (Å²) in [6.45, 7) is 4.11. The van der Waals surface area contributed by atoms with Gasteiger partial charge in [-0.3, -0.25) is 4.79 Å². The SMILES string of the molecule is CC1(C)[C@@H](NC(=O)c2ccc(N)cc2)C[C@@H]1Oc1ccc(C#N)c(Cl)c1. The van der Waals surface area contributed by atoms with E-state index in [-0.39, 0.29) is 23.5 Å². The van der Waals surface area contributed by atoms with Crippen molar-refractivity contribution >= 4 is 23.2 Å². The molecule has 0 bridgehead atoms. The highest BCUT2D eigenvalue weighted by molar-refractivity contribution is 6.31. The van der Waals surface area contributed by atoms with E-state index in [0.717, 1.165) is 0 Å². The van der Waals surface area contributed by atoms with Crippen molar-refractivity contribution in [1.29, 1.82) is 5.26 Å². The van der Waals surface area contributed by atoms with E-state index >= 15 is 0 Å². The molecule has 1 aliphatic carbocycles. The first-order valence-electron chi connectivity index (χ1n) is 8.34. The Bertz CT molecular complexity index is 872. The van der Waals surface area contributed by atoms with Gasteiger partial charge in [0.25, 0.3) is 5.91 Å². The van der Waals surface area contributed by atoms with Crippen LogP contribution < -0.4 is 15.8 Å². The van der Waals surface area contributed by atoms with E-state index in [4.69, 9.17) is 27.3 Å². The third-order valence-electron chi connectivity index (χ3n) is 5.00. The average Bonchev–Trinajstić information content (AvgIpc) is 2.61. The predicted molar refractivity (Wildman–Crippen MR) is 101 cm³/mol. The van der Waals surface area contributed by atoms with Crippen molar-refractivity contribution in [3.8, 4) is 11.8 Å². The number of hydrogen-bond acceptors (Lipinski definition) is 4. The van der Waals surface area contributed by atoms with Crippen molar-refractivity contribution in [3.63, 3.8) is 0 Å². The number of rotatable bonds is 4. The van der Waals surface area contributed by atoms with Gasteiger partial charge in [0.1, 0.15) is 17.9 Å². The number of carbonyl (C=O) groups is 1. The van der Waals surface area contributed by atoms with Gasteiger partial charge in [-0.1, -0.05) is 25.4 Å². The number of halogens is 1. The molecular formula is C20H20ClN3O2. The number of nitrogens with one attached hydrogen (secondary N) is 1. The zero-order valence-corrected chi connectivity index (χ0v) is 15.4. The van der Waals surface area contributed by atoms with Crippen LogP contribution in [-0.2, 0) is 0 Å². The van der Waals surface area contributed by atoms with E-state index in [9.17, 15) is 4.79 Å². The summed E-state index contributed by atoms with van der Waals surface area (Å²) in [5.74, 6) is 0.498. The number of nitrogen functional groups attached to an aromatic ring is 1. The maximum Gasteiger partial charge on any atom is 0.251 e. The number of amides is 1. The van der Waals surface area contributed by atoms with Gasteiger partial charge in [0.2, 0.25) is 0 Å². The summed E-state index contributed by atoms with van der Waals surface area (Å²) in [4.78, 5) is 12.4. The maximum atomic E-state index is 12.4. The van der Waals surface area contributed by atoms with E-state index in [1.54, 1.807) is 42.5 Å². The molecular weight excluding hydrogens is 350 g/mol. The van der Waals surface area contributed by atoms with Gasteiger partial charge in [0.15, 0.2) is 0 Å². The van der Waals surface area contributed by atoms with Crippen molar-refractivity contribution in [2.45, 2.75) is 32.4 Å². The van der Waals surface area contributed by atoms with Gasteiger partial charge in [-0.05, 0) is 36.4 Å². The summed E-state index contributed by atoms with van der Waals surface area (Å²) in [5.41, 5.74) is 7.05. The molecule has 1 amide bonds. The maximum absolute atomic E-state index is 12.4. The van der Waals surface area contributed by atoms with Crippen LogP contribution >= 0.6 is 11.6 Å². The smallest absolute Gasteiger partial charge is 0.251 e. The lowest BCUT2D eigenvalue weighted by Gasteiger charge is -2.51. The normalized spacial score (nSPS) is 20.5. The molecule has 3 rings (SSSR count). The molecule has 3 N–H and O–H groups in total. The van der Waals surface area contributed by atoms with Crippen LogP contribution in [0.3, 0.4) is 0 Å². The number of ether oxygens (including phenoxy) is 1. The second-order valence-corrected chi connectivity index (χ2v) is 7.47. The van der Waals surface area contributed by atoms with Crippen molar-refractivity contribution < 1.29 is 9.53 Å². The molecule has 0 aromatic heterocycles. The van der Waals surface area contributed by atoms with Crippen LogP contribution in [0.2, 0.25) is 5.02 Å². The van der Waals surface area contributed by atoms with Crippen LogP contribution in [0.15, 0.2) is 42.5 Å². The highest BCUT2D eigenvalue weighted by Crippen LogP contribution is 2.43. The monoisotopic (exact) mass is 369 g/mol. The van der Waals surface area contributed by atoms with E-state index in [1.165, 1.54) is 0 Å². The summed E-state index contributed by atoms with van der Waals surface area (Å²) in [6, 6.07) is 13.9. The lowest BCUT2D eigenvalue weighted by atomic mass is 9.64. The molecule has 134 valence electrons. The summed E-state index contributed by atoms with van der Waals surface area (Å²) < 4.78 is 6.02. The van der Waals surface area contributed by atoms with Crippen molar-refractivity contribution in [2.75, 3.05) is 5.73 Å². The number of nitrogens with zero attached hydrogens (tertiary/aromatic N) is 1. The number of nitrogens with two attached hydrogens (primary N) is 1. The molecule has 26 heavy (non-hydrogen) atoms. The third-order valence-corrected chi connectivity index (χ3v) is 5.31. The second-order valence-electron chi connectivity index (χ2n) is 7.07. The quantitative estimate of drug-likeness (QED) is 0.803. The number of nitriles is 1. The van der Waals surface area contributed by atoms with Crippen LogP contribution in [-0.4, -0.2) is 18.1 Å². The van der Waals surface area contributed by atoms with Crippen molar-refractivity contribution in [1.82, 2.24) is 5.32 Å². The fraction of sp³-hybridized carbons (Fsp3) is 0.300. The second kappa shape index (κ2) is 6.89. The zero-order chi connectivity index (χ0) is 18.9. The van der Waals surface area contributed by atoms with Gasteiger partial charge in [-0.25, -0.2) is 0 Å². The summed E-state index contributed by atoms with van der Waals surface area (Å²) in [6.07, 6.45) is 0.647. The van der Waals surface area contributed by atoms with Gasteiger partial charge in [-0.2, -0.15) is 5.26 Å². The number of carbonyl (C=O) groups excluding carboxylic acids is 1. The van der Waals surface area contributed by atoms with Gasteiger partial charge in [-0.15, -0.1) is 0 Å². The molecule has 6 heteroatoms. The van der Waals surface area contributed by atoms with Gasteiger partial charge >= 0.3 is 0 Å². The minimum atomic E-state index is -0.232. The van der Waals surface area contributed by atoms with Crippen molar-refractivity contribution in [3.05, 3.63) is 58.6 Å². The number of anilines is 1. The summed E-state index contributed by atoms with van der Waals surface area (Å²) in [7, 11) is 0. The summed E-state index contributed by atoms with van der Waals surface area (Å²) >= 11 is 6.05. The fourth-order valence-corrected chi connectivity index (χ4v) is 3.24. The standard InChI is InChI=1S/C20H20ClN3O2/c1-20(2)17(24-19(25)12-3-6-14(23)7-4-12)10-18(20)26-15-8-5-13(11-22)16(21)9-15/h3-9,17-18H,10,23H2,1-2H3,(H,24,25)/t17-,18-/m0/s1. The molecule has 1 aliphatic rings. The van der Waals surface area contributed by atoms with Crippen LogP contribution in [0.5, 0.6) is 5.75 Å². The number of benzene rings is 2. The third kappa shape index (κ3) is 3.47. The molecule has 0 heterocycles. The summed E-state index contributed by atoms with van der Waals surface area (Å²) in [5, 5.41) is 12.4. The molecule has 1 saturated carbocycles. The van der Waals surface area contributed by atoms with E-state index in [1.807, 2.05) is 6.07 Å². The molecule has 0 radical (unpaired) electrons. The molecule has 0 saturated heterocycles. The minimum Gasteiger partial charge on any atom is -0.490 e. The lowest BCUT2D eigenvalue weighted by Crippen LogP contribution is -2.63. The van der Waals surface area contributed by atoms with Crippen molar-refractivity contribution in [2.24, 2.45) is 5.41 Å². The molecule has 2 aromatic rings. The Hall–Kier alpha value is -2.71. The lowest BCUT2D eigenvalue weighted by molar-refractivity contribution is -0.0515. The Morgan fingerprint density at radius 2 is 2.00 bits per heavy atom. The Labute approximate surface area is 157 Å². The zero-order valence-electron chi connectivity index (χ0n) is 14.6. The average molecular weight is 370 g/mol.